The quantitative estimate of drug-likeness (QED) is 0.915. The van der Waals surface area contributed by atoms with Crippen molar-refractivity contribution in [1.82, 2.24) is 9.88 Å². The molecule has 2 rings (SSSR count). The van der Waals surface area contributed by atoms with Crippen molar-refractivity contribution >= 4 is 23.2 Å². The van der Waals surface area contributed by atoms with Gasteiger partial charge >= 0.3 is 5.97 Å². The molecule has 0 aromatic carbocycles. The summed E-state index contributed by atoms with van der Waals surface area (Å²) in [6.45, 7) is 2.58. The minimum atomic E-state index is -0.839. The van der Waals surface area contributed by atoms with Crippen molar-refractivity contribution in [2.45, 2.75) is 45.1 Å². The van der Waals surface area contributed by atoms with Crippen LogP contribution < -0.4 is 0 Å². The molecule has 5 nitrogen and oxygen atoms in total. The zero-order valence-electron chi connectivity index (χ0n) is 11.0. The Hall–Kier alpha value is -1.43. The summed E-state index contributed by atoms with van der Waals surface area (Å²) in [6, 6.07) is -0.154. The van der Waals surface area contributed by atoms with Gasteiger partial charge in [0.2, 0.25) is 5.91 Å². The summed E-state index contributed by atoms with van der Waals surface area (Å²) in [5.74, 6) is -0.842. The molecule has 1 aliphatic rings. The molecule has 1 aromatic heterocycles. The molecule has 6 heteroatoms. The van der Waals surface area contributed by atoms with Crippen LogP contribution in [0, 0.1) is 6.92 Å². The standard InChI is InChI=1S/C13H18N2O3S/c1-9-14-10(8-19-9)6-12(16)15-5-3-2-4-11(15)7-13(17)18/h8,11H,2-7H2,1H3,(H,17,18). The van der Waals surface area contributed by atoms with Crippen LogP contribution in [-0.2, 0) is 16.0 Å². The van der Waals surface area contributed by atoms with Crippen LogP contribution in [0.5, 0.6) is 0 Å². The number of rotatable bonds is 4. The van der Waals surface area contributed by atoms with Crippen LogP contribution in [0.15, 0.2) is 5.38 Å². The molecule has 0 radical (unpaired) electrons. The minimum absolute atomic E-state index is 0.00347. The molecule has 0 spiro atoms. The van der Waals surface area contributed by atoms with Gasteiger partial charge in [0.25, 0.3) is 0 Å². The molecule has 19 heavy (non-hydrogen) atoms. The van der Waals surface area contributed by atoms with E-state index in [1.54, 1.807) is 4.90 Å². The summed E-state index contributed by atoms with van der Waals surface area (Å²) in [5, 5.41) is 11.7. The van der Waals surface area contributed by atoms with Gasteiger partial charge < -0.3 is 10.0 Å². The smallest absolute Gasteiger partial charge is 0.305 e. The van der Waals surface area contributed by atoms with Crippen molar-refractivity contribution in [1.29, 1.82) is 0 Å². The Balaban J connectivity index is 2.00. The van der Waals surface area contributed by atoms with Crippen LogP contribution in [0.25, 0.3) is 0 Å². The van der Waals surface area contributed by atoms with E-state index in [0.717, 1.165) is 30.0 Å². The van der Waals surface area contributed by atoms with E-state index in [1.165, 1.54) is 11.3 Å². The first-order valence-electron chi connectivity index (χ1n) is 6.48. The molecule has 1 aromatic rings. The fourth-order valence-corrected chi connectivity index (χ4v) is 3.10. The highest BCUT2D eigenvalue weighted by Crippen LogP contribution is 2.21. The van der Waals surface area contributed by atoms with E-state index in [4.69, 9.17) is 5.11 Å². The van der Waals surface area contributed by atoms with Gasteiger partial charge in [0.15, 0.2) is 0 Å². The fraction of sp³-hybridized carbons (Fsp3) is 0.615. The van der Waals surface area contributed by atoms with Crippen molar-refractivity contribution in [2.24, 2.45) is 0 Å². The lowest BCUT2D eigenvalue weighted by atomic mass is 9.99. The van der Waals surface area contributed by atoms with Gasteiger partial charge in [-0.15, -0.1) is 11.3 Å². The van der Waals surface area contributed by atoms with Gasteiger partial charge in [-0.25, -0.2) is 4.98 Å². The molecule has 0 aliphatic carbocycles. The van der Waals surface area contributed by atoms with E-state index in [1.807, 2.05) is 12.3 Å². The largest absolute Gasteiger partial charge is 0.481 e. The zero-order chi connectivity index (χ0) is 13.8. The average Bonchev–Trinajstić information content (AvgIpc) is 2.74. The van der Waals surface area contributed by atoms with Gasteiger partial charge in [-0.05, 0) is 26.2 Å². The predicted octanol–water partition coefficient (Wildman–Crippen LogP) is 1.85. The van der Waals surface area contributed by atoms with Crippen molar-refractivity contribution in [3.05, 3.63) is 16.1 Å². The molecule has 104 valence electrons. The number of amides is 1. The highest BCUT2D eigenvalue weighted by atomic mass is 32.1. The summed E-state index contributed by atoms with van der Waals surface area (Å²) < 4.78 is 0. The number of aliphatic carboxylic acids is 1. The van der Waals surface area contributed by atoms with Gasteiger partial charge in [0, 0.05) is 18.0 Å². The average molecular weight is 282 g/mol. The van der Waals surface area contributed by atoms with Crippen LogP contribution in [0.2, 0.25) is 0 Å². The van der Waals surface area contributed by atoms with Crippen molar-refractivity contribution in [3.8, 4) is 0 Å². The molecule has 1 saturated heterocycles. The molecule has 1 aliphatic heterocycles. The first-order chi connectivity index (χ1) is 9.06. The van der Waals surface area contributed by atoms with Gasteiger partial charge in [-0.1, -0.05) is 0 Å². The summed E-state index contributed by atoms with van der Waals surface area (Å²) in [5.41, 5.74) is 0.784. The van der Waals surface area contributed by atoms with Gasteiger partial charge in [-0.2, -0.15) is 0 Å². The molecule has 1 atom stereocenters. The van der Waals surface area contributed by atoms with Crippen LogP contribution in [-0.4, -0.2) is 39.5 Å². The number of carboxylic acid groups (broad SMARTS) is 1. The number of carbonyl (C=O) groups excluding carboxylic acids is 1. The van der Waals surface area contributed by atoms with Crippen molar-refractivity contribution in [3.63, 3.8) is 0 Å². The maximum atomic E-state index is 12.3. The molecule has 1 N–H and O–H groups in total. The topological polar surface area (TPSA) is 70.5 Å². The lowest BCUT2D eigenvalue weighted by Crippen LogP contribution is -2.45. The first-order valence-corrected chi connectivity index (χ1v) is 7.36. The Morgan fingerprint density at radius 2 is 2.32 bits per heavy atom. The first kappa shape index (κ1) is 14.0. The number of carbonyl (C=O) groups is 2. The maximum Gasteiger partial charge on any atom is 0.305 e. The number of piperidine rings is 1. The molecule has 0 saturated carbocycles. The third kappa shape index (κ3) is 3.76. The third-order valence-corrected chi connectivity index (χ3v) is 4.18. The van der Waals surface area contributed by atoms with E-state index in [9.17, 15) is 9.59 Å². The van der Waals surface area contributed by atoms with Crippen LogP contribution in [0.3, 0.4) is 0 Å². The Morgan fingerprint density at radius 1 is 1.53 bits per heavy atom. The lowest BCUT2D eigenvalue weighted by Gasteiger charge is -2.35. The minimum Gasteiger partial charge on any atom is -0.481 e. The number of hydrogen-bond donors (Lipinski definition) is 1. The number of aryl methyl sites for hydroxylation is 1. The fourth-order valence-electron chi connectivity index (χ4n) is 2.49. The number of likely N-dealkylation sites (tertiary alicyclic amines) is 1. The number of aromatic nitrogens is 1. The van der Waals surface area contributed by atoms with Gasteiger partial charge in [0.1, 0.15) is 0 Å². The van der Waals surface area contributed by atoms with Crippen molar-refractivity contribution < 1.29 is 14.7 Å². The Labute approximate surface area is 116 Å². The molecular formula is C13H18N2O3S. The molecule has 1 unspecified atom stereocenters. The Morgan fingerprint density at radius 3 is 2.95 bits per heavy atom. The normalized spacial score (nSPS) is 19.4. The lowest BCUT2D eigenvalue weighted by molar-refractivity contribution is -0.141. The summed E-state index contributed by atoms with van der Waals surface area (Å²) in [7, 11) is 0. The molecule has 0 bridgehead atoms. The summed E-state index contributed by atoms with van der Waals surface area (Å²) >= 11 is 1.53. The molecule has 2 heterocycles. The second-order valence-electron chi connectivity index (χ2n) is 4.87. The van der Waals surface area contributed by atoms with Crippen molar-refractivity contribution in [2.75, 3.05) is 6.54 Å². The van der Waals surface area contributed by atoms with Crippen LogP contribution >= 0.6 is 11.3 Å². The van der Waals surface area contributed by atoms with Crippen LogP contribution in [0.1, 0.15) is 36.4 Å². The third-order valence-electron chi connectivity index (χ3n) is 3.36. The van der Waals surface area contributed by atoms with Gasteiger partial charge in [0.05, 0.1) is 23.5 Å². The monoisotopic (exact) mass is 282 g/mol. The van der Waals surface area contributed by atoms with E-state index in [0.29, 0.717) is 6.54 Å². The second kappa shape index (κ2) is 6.14. The predicted molar refractivity (Wildman–Crippen MR) is 72.2 cm³/mol. The number of carboxylic acids is 1. The number of nitrogens with zero attached hydrogens (tertiary/aromatic N) is 2. The van der Waals surface area contributed by atoms with E-state index < -0.39 is 5.97 Å². The van der Waals surface area contributed by atoms with E-state index in [2.05, 4.69) is 4.98 Å². The zero-order valence-corrected chi connectivity index (χ0v) is 11.8. The maximum absolute atomic E-state index is 12.3. The highest BCUT2D eigenvalue weighted by molar-refractivity contribution is 7.09. The van der Waals surface area contributed by atoms with Crippen LogP contribution in [0.4, 0.5) is 0 Å². The Kier molecular flexibility index (Phi) is 4.52. The van der Waals surface area contributed by atoms with E-state index >= 15 is 0 Å². The summed E-state index contributed by atoms with van der Waals surface area (Å²) in [4.78, 5) is 29.1. The number of thiazole rings is 1. The summed E-state index contributed by atoms with van der Waals surface area (Å²) in [6.07, 6.45) is 3.06. The molecular weight excluding hydrogens is 264 g/mol. The van der Waals surface area contributed by atoms with Gasteiger partial charge in [-0.3, -0.25) is 9.59 Å². The van der Waals surface area contributed by atoms with E-state index in [-0.39, 0.29) is 24.8 Å². The SMILES string of the molecule is Cc1nc(CC(=O)N2CCCCC2CC(=O)O)cs1. The second-order valence-corrected chi connectivity index (χ2v) is 5.93. The molecule has 1 amide bonds. The molecule has 1 fully saturated rings. The highest BCUT2D eigenvalue weighted by Gasteiger charge is 2.28. The Bertz CT molecular complexity index is 472. The number of hydrogen-bond acceptors (Lipinski definition) is 4.